The Kier molecular flexibility index (Phi) is 6.07. The van der Waals surface area contributed by atoms with E-state index in [1.54, 1.807) is 6.92 Å². The maximum atomic E-state index is 11.5. The summed E-state index contributed by atoms with van der Waals surface area (Å²) in [6.45, 7) is 8.18. The molecule has 1 aromatic carbocycles. The van der Waals surface area contributed by atoms with Crippen LogP contribution in [-0.4, -0.2) is 12.6 Å². The molecule has 0 heterocycles. The number of hydrogen-bond donors (Lipinski definition) is 0. The molecule has 5 heteroatoms. The van der Waals surface area contributed by atoms with Gasteiger partial charge in [0.15, 0.2) is 0 Å². The Labute approximate surface area is 119 Å². The van der Waals surface area contributed by atoms with E-state index in [4.69, 9.17) is 10.3 Å². The molecule has 0 aromatic heterocycles. The topological polar surface area (TPSA) is 75.1 Å². The Balaban J connectivity index is 2.97. The van der Waals surface area contributed by atoms with Gasteiger partial charge in [-0.25, -0.2) is 0 Å². The van der Waals surface area contributed by atoms with E-state index < -0.39 is 0 Å². The molecule has 0 spiro atoms. The fourth-order valence-electron chi connectivity index (χ4n) is 2.53. The molecule has 0 aliphatic heterocycles. The van der Waals surface area contributed by atoms with Crippen molar-refractivity contribution >= 4 is 5.97 Å². The predicted octanol–water partition coefficient (Wildman–Crippen LogP) is 4.31. The van der Waals surface area contributed by atoms with Crippen LogP contribution in [0.15, 0.2) is 17.2 Å². The van der Waals surface area contributed by atoms with Gasteiger partial charge >= 0.3 is 5.97 Å². The number of carbonyl (C=O) groups excluding carboxylic acids is 1. The van der Waals surface area contributed by atoms with Gasteiger partial charge in [0.1, 0.15) is 0 Å². The standard InChI is InChI=1S/C15H21N3O2/c1-5-20-14(19)7-6-13(17-18-16)15-11(3)8-10(2)9-12(15)4/h8-9,13H,5-7H2,1-4H3. The number of nitrogens with zero attached hydrogens (tertiary/aromatic N) is 3. The van der Waals surface area contributed by atoms with Crippen LogP contribution in [0.25, 0.3) is 10.4 Å². The lowest BCUT2D eigenvalue weighted by molar-refractivity contribution is -0.143. The molecule has 0 amide bonds. The van der Waals surface area contributed by atoms with Gasteiger partial charge in [-0.1, -0.05) is 22.8 Å². The summed E-state index contributed by atoms with van der Waals surface area (Å²) in [6, 6.07) is 3.80. The predicted molar refractivity (Wildman–Crippen MR) is 78.4 cm³/mol. The van der Waals surface area contributed by atoms with Crippen molar-refractivity contribution in [3.8, 4) is 0 Å². The van der Waals surface area contributed by atoms with Crippen molar-refractivity contribution in [3.05, 3.63) is 44.8 Å². The summed E-state index contributed by atoms with van der Waals surface area (Å²) in [5.41, 5.74) is 13.1. The number of azide groups is 1. The average Bonchev–Trinajstić information content (AvgIpc) is 2.35. The van der Waals surface area contributed by atoms with Crippen molar-refractivity contribution < 1.29 is 9.53 Å². The van der Waals surface area contributed by atoms with Crippen LogP contribution in [0.3, 0.4) is 0 Å². The molecule has 0 radical (unpaired) electrons. The number of rotatable bonds is 6. The van der Waals surface area contributed by atoms with Crippen LogP contribution in [-0.2, 0) is 9.53 Å². The van der Waals surface area contributed by atoms with E-state index in [-0.39, 0.29) is 18.4 Å². The highest BCUT2D eigenvalue weighted by Crippen LogP contribution is 2.30. The molecule has 1 rings (SSSR count). The highest BCUT2D eigenvalue weighted by molar-refractivity contribution is 5.69. The lowest BCUT2D eigenvalue weighted by Gasteiger charge is -2.17. The van der Waals surface area contributed by atoms with Gasteiger partial charge in [0, 0.05) is 11.3 Å². The molecular weight excluding hydrogens is 254 g/mol. The fourth-order valence-corrected chi connectivity index (χ4v) is 2.53. The molecule has 0 N–H and O–H groups in total. The van der Waals surface area contributed by atoms with Gasteiger partial charge < -0.3 is 4.74 Å². The molecule has 0 aliphatic rings. The van der Waals surface area contributed by atoms with Crippen molar-refractivity contribution in [1.29, 1.82) is 0 Å². The van der Waals surface area contributed by atoms with Crippen molar-refractivity contribution in [2.75, 3.05) is 6.61 Å². The molecule has 1 unspecified atom stereocenters. The van der Waals surface area contributed by atoms with Crippen LogP contribution in [0, 0.1) is 20.8 Å². The zero-order valence-electron chi connectivity index (χ0n) is 12.5. The third-order valence-corrected chi connectivity index (χ3v) is 3.19. The van der Waals surface area contributed by atoms with Crippen LogP contribution in [0.1, 0.15) is 48.1 Å². The average molecular weight is 275 g/mol. The van der Waals surface area contributed by atoms with Gasteiger partial charge in [-0.15, -0.1) is 0 Å². The van der Waals surface area contributed by atoms with E-state index >= 15 is 0 Å². The number of hydrogen-bond acceptors (Lipinski definition) is 3. The summed E-state index contributed by atoms with van der Waals surface area (Å²) in [5, 5.41) is 3.85. The van der Waals surface area contributed by atoms with Crippen LogP contribution < -0.4 is 0 Å². The minimum absolute atomic E-state index is 0.254. The van der Waals surface area contributed by atoms with E-state index in [1.807, 2.05) is 20.8 Å². The van der Waals surface area contributed by atoms with Gasteiger partial charge in [0.2, 0.25) is 0 Å². The first-order chi connectivity index (χ1) is 9.49. The lowest BCUT2D eigenvalue weighted by Crippen LogP contribution is -2.08. The highest BCUT2D eigenvalue weighted by atomic mass is 16.5. The minimum atomic E-state index is -0.329. The highest BCUT2D eigenvalue weighted by Gasteiger charge is 2.17. The monoisotopic (exact) mass is 275 g/mol. The van der Waals surface area contributed by atoms with Gasteiger partial charge in [-0.3, -0.25) is 4.79 Å². The third-order valence-electron chi connectivity index (χ3n) is 3.19. The third kappa shape index (κ3) is 4.28. The Morgan fingerprint density at radius 1 is 1.35 bits per heavy atom. The van der Waals surface area contributed by atoms with Crippen LogP contribution in [0.4, 0.5) is 0 Å². The summed E-state index contributed by atoms with van der Waals surface area (Å²) in [5.74, 6) is -0.256. The summed E-state index contributed by atoms with van der Waals surface area (Å²) < 4.78 is 4.91. The maximum Gasteiger partial charge on any atom is 0.305 e. The van der Waals surface area contributed by atoms with E-state index in [1.165, 1.54) is 5.56 Å². The largest absolute Gasteiger partial charge is 0.466 e. The second-order valence-corrected chi connectivity index (χ2v) is 4.88. The molecule has 0 aliphatic carbocycles. The molecule has 1 atom stereocenters. The molecule has 20 heavy (non-hydrogen) atoms. The molecule has 0 saturated heterocycles. The number of aryl methyl sites for hydroxylation is 3. The van der Waals surface area contributed by atoms with Gasteiger partial charge in [-0.2, -0.15) is 0 Å². The summed E-state index contributed by atoms with van der Waals surface area (Å²) in [7, 11) is 0. The molecule has 5 nitrogen and oxygen atoms in total. The summed E-state index contributed by atoms with van der Waals surface area (Å²) in [6.07, 6.45) is 0.720. The van der Waals surface area contributed by atoms with Crippen molar-refractivity contribution in [2.45, 2.75) is 46.6 Å². The summed E-state index contributed by atoms with van der Waals surface area (Å²) in [4.78, 5) is 14.4. The quantitative estimate of drug-likeness (QED) is 0.336. The lowest BCUT2D eigenvalue weighted by atomic mass is 9.92. The summed E-state index contributed by atoms with van der Waals surface area (Å²) >= 11 is 0. The first-order valence-corrected chi connectivity index (χ1v) is 6.77. The van der Waals surface area contributed by atoms with Gasteiger partial charge in [0.05, 0.1) is 12.6 Å². The van der Waals surface area contributed by atoms with E-state index in [9.17, 15) is 4.79 Å². The van der Waals surface area contributed by atoms with Crippen molar-refractivity contribution in [3.63, 3.8) is 0 Å². The second kappa shape index (κ2) is 7.56. The Hall–Kier alpha value is -2.00. The molecule has 108 valence electrons. The zero-order valence-corrected chi connectivity index (χ0v) is 12.5. The van der Waals surface area contributed by atoms with E-state index in [0.717, 1.165) is 16.7 Å². The van der Waals surface area contributed by atoms with Crippen molar-refractivity contribution in [1.82, 2.24) is 0 Å². The SMILES string of the molecule is CCOC(=O)CCC(N=[N+]=[N-])c1c(C)cc(C)cc1C. The number of ether oxygens (including phenoxy) is 1. The van der Waals surface area contributed by atoms with Crippen LogP contribution in [0.5, 0.6) is 0 Å². The molecule has 1 aromatic rings. The maximum absolute atomic E-state index is 11.5. The second-order valence-electron chi connectivity index (χ2n) is 4.88. The molecule has 0 saturated carbocycles. The Bertz CT molecular complexity index is 511. The first kappa shape index (κ1) is 16.1. The Morgan fingerprint density at radius 3 is 2.45 bits per heavy atom. The van der Waals surface area contributed by atoms with E-state index in [2.05, 4.69) is 22.2 Å². The Morgan fingerprint density at radius 2 is 1.95 bits per heavy atom. The normalized spacial score (nSPS) is 11.6. The van der Waals surface area contributed by atoms with Gasteiger partial charge in [-0.05, 0) is 56.3 Å². The number of esters is 1. The van der Waals surface area contributed by atoms with Gasteiger partial charge in [0.25, 0.3) is 0 Å². The fraction of sp³-hybridized carbons (Fsp3) is 0.533. The van der Waals surface area contributed by atoms with Crippen LogP contribution >= 0.6 is 0 Å². The smallest absolute Gasteiger partial charge is 0.305 e. The molecule has 0 fully saturated rings. The van der Waals surface area contributed by atoms with Crippen molar-refractivity contribution in [2.24, 2.45) is 5.11 Å². The number of benzene rings is 1. The zero-order chi connectivity index (χ0) is 15.1. The minimum Gasteiger partial charge on any atom is -0.466 e. The van der Waals surface area contributed by atoms with E-state index in [0.29, 0.717) is 13.0 Å². The van der Waals surface area contributed by atoms with Crippen LogP contribution in [0.2, 0.25) is 0 Å². The number of carbonyl (C=O) groups is 1. The molecule has 0 bridgehead atoms. The first-order valence-electron chi connectivity index (χ1n) is 6.77. The molecular formula is C15H21N3O2.